The van der Waals surface area contributed by atoms with E-state index in [0.29, 0.717) is 28.2 Å². The maximum Gasteiger partial charge on any atom is 0.238 e. The number of rotatable bonds is 4. The Bertz CT molecular complexity index is 886. The highest BCUT2D eigenvalue weighted by Crippen LogP contribution is 2.29. The van der Waals surface area contributed by atoms with E-state index in [9.17, 15) is 5.26 Å². The van der Waals surface area contributed by atoms with Crippen molar-refractivity contribution in [2.24, 2.45) is 0 Å². The molecule has 5 heteroatoms. The number of methoxy groups -OCH3 is 2. The SMILES string of the molecule is COc1ccc(/C=C(/C#N)c2nc3ccccc3o2)c(OC)c1. The Morgan fingerprint density at radius 1 is 1.17 bits per heavy atom. The lowest BCUT2D eigenvalue weighted by Gasteiger charge is -2.07. The van der Waals surface area contributed by atoms with Gasteiger partial charge in [-0.2, -0.15) is 5.26 Å². The summed E-state index contributed by atoms with van der Waals surface area (Å²) in [6.07, 6.45) is 1.68. The van der Waals surface area contributed by atoms with Crippen molar-refractivity contribution in [2.45, 2.75) is 0 Å². The molecule has 0 atom stereocenters. The molecular formula is C18H14N2O3. The van der Waals surface area contributed by atoms with Gasteiger partial charge in [0.05, 0.1) is 14.2 Å². The Kier molecular flexibility index (Phi) is 3.98. The number of para-hydroxylation sites is 2. The zero-order chi connectivity index (χ0) is 16.2. The van der Waals surface area contributed by atoms with Gasteiger partial charge in [-0.15, -0.1) is 0 Å². The minimum absolute atomic E-state index is 0.284. The zero-order valence-corrected chi connectivity index (χ0v) is 12.7. The van der Waals surface area contributed by atoms with Crippen LogP contribution in [0.15, 0.2) is 46.9 Å². The minimum Gasteiger partial charge on any atom is -0.497 e. The summed E-state index contributed by atoms with van der Waals surface area (Å²) in [6.45, 7) is 0. The molecule has 1 aromatic heterocycles. The molecule has 0 amide bonds. The Morgan fingerprint density at radius 3 is 2.70 bits per heavy atom. The first-order valence-corrected chi connectivity index (χ1v) is 6.95. The number of fused-ring (bicyclic) bond motifs is 1. The van der Waals surface area contributed by atoms with Crippen LogP contribution in [0.1, 0.15) is 11.5 Å². The summed E-state index contributed by atoms with van der Waals surface area (Å²) >= 11 is 0. The van der Waals surface area contributed by atoms with Crippen molar-refractivity contribution in [2.75, 3.05) is 14.2 Å². The first-order chi connectivity index (χ1) is 11.2. The molecule has 0 unspecified atom stereocenters. The van der Waals surface area contributed by atoms with Crippen LogP contribution in [0.4, 0.5) is 0 Å². The van der Waals surface area contributed by atoms with Gasteiger partial charge in [0, 0.05) is 11.6 Å². The first kappa shape index (κ1) is 14.7. The van der Waals surface area contributed by atoms with Crippen LogP contribution in [-0.2, 0) is 0 Å². The summed E-state index contributed by atoms with van der Waals surface area (Å²) in [7, 11) is 3.15. The summed E-state index contributed by atoms with van der Waals surface area (Å²) < 4.78 is 16.2. The van der Waals surface area contributed by atoms with Crippen LogP contribution in [0.5, 0.6) is 11.5 Å². The van der Waals surface area contributed by atoms with E-state index in [-0.39, 0.29) is 5.89 Å². The van der Waals surface area contributed by atoms with Crippen molar-refractivity contribution in [3.8, 4) is 17.6 Å². The second kappa shape index (κ2) is 6.24. The van der Waals surface area contributed by atoms with Crippen molar-refractivity contribution < 1.29 is 13.9 Å². The molecule has 114 valence electrons. The van der Waals surface area contributed by atoms with Crippen LogP contribution in [0.2, 0.25) is 0 Å². The quantitative estimate of drug-likeness (QED) is 0.684. The van der Waals surface area contributed by atoms with Gasteiger partial charge in [0.2, 0.25) is 5.89 Å². The monoisotopic (exact) mass is 306 g/mol. The van der Waals surface area contributed by atoms with Crippen LogP contribution in [0.25, 0.3) is 22.7 Å². The smallest absolute Gasteiger partial charge is 0.238 e. The highest BCUT2D eigenvalue weighted by atomic mass is 16.5. The van der Waals surface area contributed by atoms with E-state index >= 15 is 0 Å². The van der Waals surface area contributed by atoms with Crippen LogP contribution in [-0.4, -0.2) is 19.2 Å². The maximum atomic E-state index is 9.45. The number of hydrogen-bond acceptors (Lipinski definition) is 5. The third-order valence-electron chi connectivity index (χ3n) is 3.39. The molecule has 0 radical (unpaired) electrons. The fourth-order valence-corrected chi connectivity index (χ4v) is 2.22. The molecule has 0 aliphatic heterocycles. The van der Waals surface area contributed by atoms with Gasteiger partial charge in [0.25, 0.3) is 0 Å². The summed E-state index contributed by atoms with van der Waals surface area (Å²) in [5.41, 5.74) is 2.42. The first-order valence-electron chi connectivity index (χ1n) is 6.95. The van der Waals surface area contributed by atoms with Crippen molar-refractivity contribution in [3.05, 3.63) is 53.9 Å². The number of ether oxygens (including phenoxy) is 2. The number of hydrogen-bond donors (Lipinski definition) is 0. The molecule has 0 bridgehead atoms. The van der Waals surface area contributed by atoms with Gasteiger partial charge >= 0.3 is 0 Å². The summed E-state index contributed by atoms with van der Waals surface area (Å²) in [4.78, 5) is 4.35. The molecule has 3 aromatic rings. The summed E-state index contributed by atoms with van der Waals surface area (Å²) in [5.74, 6) is 1.57. The molecule has 0 fully saturated rings. The third kappa shape index (κ3) is 2.87. The van der Waals surface area contributed by atoms with Crippen LogP contribution in [0, 0.1) is 11.3 Å². The van der Waals surface area contributed by atoms with Gasteiger partial charge < -0.3 is 13.9 Å². The second-order valence-electron chi connectivity index (χ2n) is 4.76. The van der Waals surface area contributed by atoms with Crippen LogP contribution in [0.3, 0.4) is 0 Å². The highest BCUT2D eigenvalue weighted by Gasteiger charge is 2.12. The Morgan fingerprint density at radius 2 is 2.00 bits per heavy atom. The van der Waals surface area contributed by atoms with Gasteiger partial charge in [0.1, 0.15) is 28.7 Å². The van der Waals surface area contributed by atoms with E-state index in [4.69, 9.17) is 13.9 Å². The lowest BCUT2D eigenvalue weighted by atomic mass is 10.1. The van der Waals surface area contributed by atoms with Crippen molar-refractivity contribution in [3.63, 3.8) is 0 Å². The molecule has 3 rings (SSSR count). The largest absolute Gasteiger partial charge is 0.497 e. The van der Waals surface area contributed by atoms with E-state index in [1.807, 2.05) is 30.3 Å². The Hall–Kier alpha value is -3.26. The number of benzene rings is 2. The molecule has 0 N–H and O–H groups in total. The highest BCUT2D eigenvalue weighted by molar-refractivity contribution is 5.89. The molecule has 23 heavy (non-hydrogen) atoms. The van der Waals surface area contributed by atoms with Gasteiger partial charge in [-0.3, -0.25) is 0 Å². The van der Waals surface area contributed by atoms with Gasteiger partial charge in [-0.25, -0.2) is 4.98 Å². The predicted molar refractivity (Wildman–Crippen MR) is 87.0 cm³/mol. The van der Waals surface area contributed by atoms with E-state index < -0.39 is 0 Å². The molecular weight excluding hydrogens is 292 g/mol. The fraction of sp³-hybridized carbons (Fsp3) is 0.111. The Labute approximate surface area is 133 Å². The normalized spacial score (nSPS) is 11.3. The lowest BCUT2D eigenvalue weighted by Crippen LogP contribution is -1.90. The number of allylic oxidation sites excluding steroid dienone is 1. The van der Waals surface area contributed by atoms with Crippen LogP contribution < -0.4 is 9.47 Å². The molecule has 0 aliphatic rings. The molecule has 0 spiro atoms. The maximum absolute atomic E-state index is 9.45. The fourth-order valence-electron chi connectivity index (χ4n) is 2.22. The summed E-state index contributed by atoms with van der Waals surface area (Å²) in [5, 5.41) is 9.45. The van der Waals surface area contributed by atoms with Crippen LogP contribution >= 0.6 is 0 Å². The molecule has 2 aromatic carbocycles. The average Bonchev–Trinajstić information content (AvgIpc) is 3.03. The van der Waals surface area contributed by atoms with E-state index in [1.54, 1.807) is 32.4 Å². The number of aromatic nitrogens is 1. The van der Waals surface area contributed by atoms with E-state index in [2.05, 4.69) is 11.1 Å². The topological polar surface area (TPSA) is 68.3 Å². The molecule has 0 aliphatic carbocycles. The number of nitriles is 1. The third-order valence-corrected chi connectivity index (χ3v) is 3.39. The average molecular weight is 306 g/mol. The van der Waals surface area contributed by atoms with Gasteiger partial charge in [0.15, 0.2) is 5.58 Å². The molecule has 0 saturated heterocycles. The second-order valence-corrected chi connectivity index (χ2v) is 4.76. The van der Waals surface area contributed by atoms with E-state index in [0.717, 1.165) is 5.56 Å². The van der Waals surface area contributed by atoms with Gasteiger partial charge in [-0.05, 0) is 30.3 Å². The van der Waals surface area contributed by atoms with Crippen molar-refractivity contribution in [1.82, 2.24) is 4.98 Å². The molecule has 1 heterocycles. The predicted octanol–water partition coefficient (Wildman–Crippen LogP) is 3.91. The van der Waals surface area contributed by atoms with E-state index in [1.165, 1.54) is 0 Å². The number of oxazole rings is 1. The minimum atomic E-state index is 0.284. The zero-order valence-electron chi connectivity index (χ0n) is 12.7. The standard InChI is InChI=1S/C18H14N2O3/c1-21-14-8-7-12(17(10-14)22-2)9-13(11-19)18-20-15-5-3-4-6-16(15)23-18/h3-10H,1-2H3/b13-9-. The van der Waals surface area contributed by atoms with Crippen molar-refractivity contribution in [1.29, 1.82) is 5.26 Å². The molecule has 0 saturated carbocycles. The number of nitrogens with zero attached hydrogens (tertiary/aromatic N) is 2. The van der Waals surface area contributed by atoms with Gasteiger partial charge in [-0.1, -0.05) is 12.1 Å². The van der Waals surface area contributed by atoms with Crippen molar-refractivity contribution >= 4 is 22.7 Å². The summed E-state index contributed by atoms with van der Waals surface area (Å²) in [6, 6.07) is 14.9. The molecule has 5 nitrogen and oxygen atoms in total. The Balaban J connectivity index is 2.07. The lowest BCUT2D eigenvalue weighted by molar-refractivity contribution is 0.394.